The summed E-state index contributed by atoms with van der Waals surface area (Å²) >= 11 is 0. The van der Waals surface area contributed by atoms with E-state index in [1.807, 2.05) is 19.9 Å². The average molecular weight is 357 g/mol. The molecule has 138 valence electrons. The Bertz CT molecular complexity index is 819. The van der Waals surface area contributed by atoms with Gasteiger partial charge in [0.05, 0.1) is 5.52 Å². The van der Waals surface area contributed by atoms with Gasteiger partial charge in [-0.3, -0.25) is 18.8 Å². The van der Waals surface area contributed by atoms with Crippen LogP contribution in [-0.4, -0.2) is 81.6 Å². The van der Waals surface area contributed by atoms with Crippen LogP contribution < -0.4 is 0 Å². The number of hydrogen-bond acceptors (Lipinski definition) is 4. The first kappa shape index (κ1) is 17.9. The number of piperazine rings is 1. The van der Waals surface area contributed by atoms with E-state index < -0.39 is 0 Å². The first-order chi connectivity index (χ1) is 12.6. The van der Waals surface area contributed by atoms with Crippen molar-refractivity contribution in [3.05, 3.63) is 35.9 Å². The molecule has 3 rings (SSSR count). The topological polar surface area (TPSA) is 78.2 Å². The first-order valence-corrected chi connectivity index (χ1v) is 8.85. The van der Waals surface area contributed by atoms with Gasteiger partial charge in [0.15, 0.2) is 5.69 Å². The number of hydrogen-bond donors (Lipinski definition) is 0. The van der Waals surface area contributed by atoms with Crippen LogP contribution in [0.2, 0.25) is 0 Å². The van der Waals surface area contributed by atoms with Gasteiger partial charge in [0.1, 0.15) is 0 Å². The number of pyridine rings is 1. The van der Waals surface area contributed by atoms with E-state index in [-0.39, 0.29) is 17.6 Å². The third kappa shape index (κ3) is 3.14. The van der Waals surface area contributed by atoms with Gasteiger partial charge in [-0.1, -0.05) is 6.07 Å². The summed E-state index contributed by atoms with van der Waals surface area (Å²) in [6.07, 6.45) is 2.55. The number of carbonyl (C=O) groups excluding carboxylic acids is 3. The van der Waals surface area contributed by atoms with Crippen molar-refractivity contribution in [1.82, 2.24) is 24.1 Å². The molecule has 1 saturated heterocycles. The molecule has 0 saturated carbocycles. The minimum absolute atomic E-state index is 0.177. The Morgan fingerprint density at radius 3 is 2.46 bits per heavy atom. The molecule has 26 heavy (non-hydrogen) atoms. The molecule has 0 unspecified atom stereocenters. The lowest BCUT2D eigenvalue weighted by atomic mass is 10.3. The molecule has 0 spiro atoms. The summed E-state index contributed by atoms with van der Waals surface area (Å²) in [5.41, 5.74) is 0.920. The second-order valence-electron chi connectivity index (χ2n) is 6.15. The lowest BCUT2D eigenvalue weighted by Crippen LogP contribution is -2.48. The summed E-state index contributed by atoms with van der Waals surface area (Å²) < 4.78 is 1.67. The quantitative estimate of drug-likeness (QED) is 0.739. The smallest absolute Gasteiger partial charge is 0.290 e. The van der Waals surface area contributed by atoms with Crippen molar-refractivity contribution in [2.75, 3.05) is 39.3 Å². The predicted molar refractivity (Wildman–Crippen MR) is 96.0 cm³/mol. The number of fused-ring (bicyclic) bond motifs is 1. The molecule has 0 aliphatic carbocycles. The van der Waals surface area contributed by atoms with Gasteiger partial charge in [-0.15, -0.1) is 0 Å². The number of aromatic nitrogens is 2. The van der Waals surface area contributed by atoms with Crippen molar-refractivity contribution in [3.8, 4) is 0 Å². The zero-order chi connectivity index (χ0) is 18.7. The summed E-state index contributed by atoms with van der Waals surface area (Å²) in [6, 6.07) is 5.43. The van der Waals surface area contributed by atoms with Crippen LogP contribution in [0.15, 0.2) is 24.4 Å². The molecule has 1 fully saturated rings. The molecular weight excluding hydrogens is 334 g/mol. The van der Waals surface area contributed by atoms with E-state index in [0.29, 0.717) is 50.5 Å². The summed E-state index contributed by atoms with van der Waals surface area (Å²) in [6.45, 7) is 6.91. The van der Waals surface area contributed by atoms with Crippen molar-refractivity contribution in [1.29, 1.82) is 0 Å². The molecule has 8 heteroatoms. The van der Waals surface area contributed by atoms with Gasteiger partial charge in [0.2, 0.25) is 12.2 Å². The molecule has 8 nitrogen and oxygen atoms in total. The standard InChI is InChI=1S/C18H23N5O3/c1-3-21(4-2)17(25)15-14-7-5-6-8-23(14)16(19-15)18(26)22-11-9-20(13-24)10-12-22/h5-8,13H,3-4,9-12H2,1-2H3. The minimum Gasteiger partial charge on any atom is -0.342 e. The normalized spacial score (nSPS) is 14.5. The van der Waals surface area contributed by atoms with E-state index in [0.717, 1.165) is 6.41 Å². The number of amides is 3. The van der Waals surface area contributed by atoms with Crippen molar-refractivity contribution in [3.63, 3.8) is 0 Å². The monoisotopic (exact) mass is 357 g/mol. The molecule has 3 heterocycles. The van der Waals surface area contributed by atoms with Gasteiger partial charge in [0.25, 0.3) is 11.8 Å². The van der Waals surface area contributed by atoms with Crippen LogP contribution in [0.5, 0.6) is 0 Å². The van der Waals surface area contributed by atoms with Crippen LogP contribution in [0.3, 0.4) is 0 Å². The van der Waals surface area contributed by atoms with Crippen molar-refractivity contribution >= 4 is 23.7 Å². The molecule has 2 aromatic rings. The van der Waals surface area contributed by atoms with Crippen LogP contribution in [0.1, 0.15) is 35.0 Å². The Hall–Kier alpha value is -2.90. The maximum atomic E-state index is 13.0. The molecule has 0 bridgehead atoms. The number of rotatable bonds is 5. The fourth-order valence-corrected chi connectivity index (χ4v) is 3.18. The number of nitrogens with zero attached hydrogens (tertiary/aromatic N) is 5. The van der Waals surface area contributed by atoms with Gasteiger partial charge >= 0.3 is 0 Å². The average Bonchev–Trinajstić information content (AvgIpc) is 3.08. The van der Waals surface area contributed by atoms with Crippen molar-refractivity contribution in [2.24, 2.45) is 0 Å². The molecule has 0 radical (unpaired) electrons. The van der Waals surface area contributed by atoms with Crippen LogP contribution in [0, 0.1) is 0 Å². The predicted octanol–water partition coefficient (Wildman–Crippen LogP) is 0.731. The highest BCUT2D eigenvalue weighted by molar-refractivity contribution is 6.02. The van der Waals surface area contributed by atoms with E-state index in [1.54, 1.807) is 37.4 Å². The summed E-state index contributed by atoms with van der Waals surface area (Å²) in [4.78, 5) is 46.0. The van der Waals surface area contributed by atoms with E-state index in [2.05, 4.69) is 4.98 Å². The molecule has 2 aromatic heterocycles. The van der Waals surface area contributed by atoms with Crippen LogP contribution >= 0.6 is 0 Å². The summed E-state index contributed by atoms with van der Waals surface area (Å²) in [5.74, 6) is -0.172. The second kappa shape index (κ2) is 7.55. The molecule has 3 amide bonds. The van der Waals surface area contributed by atoms with Crippen molar-refractivity contribution < 1.29 is 14.4 Å². The Morgan fingerprint density at radius 2 is 1.85 bits per heavy atom. The van der Waals surface area contributed by atoms with Crippen LogP contribution in [0.25, 0.3) is 5.52 Å². The lowest BCUT2D eigenvalue weighted by molar-refractivity contribution is -0.119. The molecule has 0 aromatic carbocycles. The minimum atomic E-state index is -0.227. The van der Waals surface area contributed by atoms with Gasteiger partial charge in [-0.2, -0.15) is 0 Å². The van der Waals surface area contributed by atoms with E-state index in [9.17, 15) is 14.4 Å². The zero-order valence-corrected chi connectivity index (χ0v) is 15.1. The van der Waals surface area contributed by atoms with Crippen LogP contribution in [0.4, 0.5) is 0 Å². The maximum Gasteiger partial charge on any atom is 0.290 e. The molecule has 1 aliphatic heterocycles. The highest BCUT2D eigenvalue weighted by Gasteiger charge is 2.28. The van der Waals surface area contributed by atoms with E-state index >= 15 is 0 Å². The second-order valence-corrected chi connectivity index (χ2v) is 6.15. The largest absolute Gasteiger partial charge is 0.342 e. The first-order valence-electron chi connectivity index (χ1n) is 8.85. The molecule has 1 aliphatic rings. The Morgan fingerprint density at radius 1 is 1.15 bits per heavy atom. The van der Waals surface area contributed by atoms with E-state index in [1.165, 1.54) is 0 Å². The Kier molecular flexibility index (Phi) is 5.20. The third-order valence-electron chi connectivity index (χ3n) is 4.74. The zero-order valence-electron chi connectivity index (χ0n) is 15.1. The number of carbonyl (C=O) groups is 3. The highest BCUT2D eigenvalue weighted by atomic mass is 16.2. The van der Waals surface area contributed by atoms with Gasteiger partial charge < -0.3 is 14.7 Å². The lowest BCUT2D eigenvalue weighted by Gasteiger charge is -2.32. The van der Waals surface area contributed by atoms with Crippen LogP contribution in [-0.2, 0) is 4.79 Å². The number of imidazole rings is 1. The highest BCUT2D eigenvalue weighted by Crippen LogP contribution is 2.17. The van der Waals surface area contributed by atoms with Gasteiger partial charge in [0, 0.05) is 45.5 Å². The third-order valence-corrected chi connectivity index (χ3v) is 4.74. The summed E-state index contributed by atoms with van der Waals surface area (Å²) in [5, 5.41) is 0. The Labute approximate surface area is 152 Å². The van der Waals surface area contributed by atoms with Gasteiger partial charge in [-0.25, -0.2) is 4.98 Å². The fourth-order valence-electron chi connectivity index (χ4n) is 3.18. The summed E-state index contributed by atoms with van der Waals surface area (Å²) in [7, 11) is 0. The fraction of sp³-hybridized carbons (Fsp3) is 0.444. The molecule has 0 atom stereocenters. The van der Waals surface area contributed by atoms with Gasteiger partial charge in [-0.05, 0) is 26.0 Å². The molecule has 0 N–H and O–H groups in total. The Balaban J connectivity index is 1.95. The SMILES string of the molecule is CCN(CC)C(=O)c1nc(C(=O)N2CCN(C=O)CC2)n2ccccc12. The van der Waals surface area contributed by atoms with E-state index in [4.69, 9.17) is 0 Å². The maximum absolute atomic E-state index is 13.0. The molecular formula is C18H23N5O3. The van der Waals surface area contributed by atoms with Crippen molar-refractivity contribution in [2.45, 2.75) is 13.8 Å².